The maximum absolute atomic E-state index is 13.8. The summed E-state index contributed by atoms with van der Waals surface area (Å²) in [6, 6.07) is 14.5. The first-order valence-corrected chi connectivity index (χ1v) is 7.92. The SMILES string of the molecule is Cc1ccc(N2CCN(Cc3ccccc3F)C(C)C2=O)cc1. The summed E-state index contributed by atoms with van der Waals surface area (Å²) < 4.78 is 13.8. The van der Waals surface area contributed by atoms with E-state index >= 15 is 0 Å². The van der Waals surface area contributed by atoms with Gasteiger partial charge in [0.15, 0.2) is 0 Å². The van der Waals surface area contributed by atoms with Gasteiger partial charge < -0.3 is 4.90 Å². The van der Waals surface area contributed by atoms with Gasteiger partial charge in [-0.1, -0.05) is 35.9 Å². The molecule has 3 nitrogen and oxygen atoms in total. The summed E-state index contributed by atoms with van der Waals surface area (Å²) in [5.41, 5.74) is 2.74. The summed E-state index contributed by atoms with van der Waals surface area (Å²) in [5, 5.41) is 0. The number of carbonyl (C=O) groups excluding carboxylic acids is 1. The molecule has 4 heteroatoms. The van der Waals surface area contributed by atoms with Crippen LogP contribution in [-0.2, 0) is 11.3 Å². The molecule has 1 aliphatic heterocycles. The Kier molecular flexibility index (Phi) is 4.44. The summed E-state index contributed by atoms with van der Waals surface area (Å²) >= 11 is 0. The van der Waals surface area contributed by atoms with Gasteiger partial charge in [-0.25, -0.2) is 4.39 Å². The van der Waals surface area contributed by atoms with Crippen LogP contribution in [0.15, 0.2) is 48.5 Å². The Hall–Kier alpha value is -2.20. The molecule has 0 aliphatic carbocycles. The second-order valence-electron chi connectivity index (χ2n) is 6.06. The fourth-order valence-electron chi connectivity index (χ4n) is 2.96. The highest BCUT2D eigenvalue weighted by molar-refractivity contribution is 5.97. The van der Waals surface area contributed by atoms with Crippen LogP contribution >= 0.6 is 0 Å². The zero-order valence-corrected chi connectivity index (χ0v) is 13.5. The van der Waals surface area contributed by atoms with Gasteiger partial charge in [0.25, 0.3) is 0 Å². The Labute approximate surface area is 136 Å². The van der Waals surface area contributed by atoms with Gasteiger partial charge in [-0.15, -0.1) is 0 Å². The lowest BCUT2D eigenvalue weighted by Gasteiger charge is -2.39. The average Bonchev–Trinajstić information content (AvgIpc) is 2.55. The van der Waals surface area contributed by atoms with Crippen LogP contribution in [0.2, 0.25) is 0 Å². The molecule has 0 N–H and O–H groups in total. The summed E-state index contributed by atoms with van der Waals surface area (Å²) in [6.07, 6.45) is 0. The number of nitrogens with zero attached hydrogens (tertiary/aromatic N) is 2. The molecule has 1 aliphatic rings. The first kappa shape index (κ1) is 15.7. The molecule has 1 saturated heterocycles. The molecule has 0 aromatic heterocycles. The molecule has 120 valence electrons. The Bertz CT molecular complexity index is 699. The van der Waals surface area contributed by atoms with E-state index in [0.29, 0.717) is 18.7 Å². The molecule has 1 fully saturated rings. The van der Waals surface area contributed by atoms with Crippen molar-refractivity contribution in [3.05, 3.63) is 65.5 Å². The van der Waals surface area contributed by atoms with Gasteiger partial charge in [0.1, 0.15) is 5.82 Å². The monoisotopic (exact) mass is 312 g/mol. The number of anilines is 1. The van der Waals surface area contributed by atoms with Crippen LogP contribution < -0.4 is 4.90 Å². The number of piperazine rings is 1. The first-order chi connectivity index (χ1) is 11.1. The normalized spacial score (nSPS) is 19.2. The van der Waals surface area contributed by atoms with Crippen molar-refractivity contribution in [3.8, 4) is 0 Å². The van der Waals surface area contributed by atoms with E-state index < -0.39 is 0 Å². The molecule has 1 atom stereocenters. The molecule has 0 bridgehead atoms. The van der Waals surface area contributed by atoms with E-state index in [1.165, 1.54) is 11.6 Å². The predicted octanol–water partition coefficient (Wildman–Crippen LogP) is 3.37. The van der Waals surface area contributed by atoms with Crippen molar-refractivity contribution in [2.45, 2.75) is 26.4 Å². The largest absolute Gasteiger partial charge is 0.310 e. The number of benzene rings is 2. The molecule has 1 heterocycles. The number of rotatable bonds is 3. The van der Waals surface area contributed by atoms with E-state index in [0.717, 1.165) is 12.2 Å². The van der Waals surface area contributed by atoms with Crippen LogP contribution in [0.4, 0.5) is 10.1 Å². The molecule has 1 unspecified atom stereocenters. The molecule has 3 rings (SSSR count). The van der Waals surface area contributed by atoms with Crippen molar-refractivity contribution < 1.29 is 9.18 Å². The van der Waals surface area contributed by atoms with E-state index in [-0.39, 0.29) is 17.8 Å². The fourth-order valence-corrected chi connectivity index (χ4v) is 2.96. The van der Waals surface area contributed by atoms with Gasteiger partial charge in [0.2, 0.25) is 5.91 Å². The van der Waals surface area contributed by atoms with Crippen LogP contribution in [0.25, 0.3) is 0 Å². The van der Waals surface area contributed by atoms with Gasteiger partial charge in [-0.05, 0) is 32.0 Å². The smallest absolute Gasteiger partial charge is 0.244 e. The van der Waals surface area contributed by atoms with Crippen LogP contribution in [0.5, 0.6) is 0 Å². The highest BCUT2D eigenvalue weighted by atomic mass is 19.1. The number of aryl methyl sites for hydroxylation is 1. The van der Waals surface area contributed by atoms with Crippen LogP contribution in [0, 0.1) is 12.7 Å². The second-order valence-corrected chi connectivity index (χ2v) is 6.06. The standard InChI is InChI=1S/C19H21FN2O/c1-14-7-9-17(10-8-14)22-12-11-21(15(2)19(22)23)13-16-5-3-4-6-18(16)20/h3-10,15H,11-13H2,1-2H3. The molecule has 1 amide bonds. The Morgan fingerprint density at radius 3 is 2.48 bits per heavy atom. The van der Waals surface area contributed by atoms with Gasteiger partial charge in [0.05, 0.1) is 6.04 Å². The minimum atomic E-state index is -0.260. The minimum absolute atomic E-state index is 0.0662. The Balaban J connectivity index is 1.73. The summed E-state index contributed by atoms with van der Waals surface area (Å²) in [7, 11) is 0. The van der Waals surface area contributed by atoms with Gasteiger partial charge in [-0.3, -0.25) is 9.69 Å². The number of carbonyl (C=O) groups is 1. The van der Waals surface area contributed by atoms with Crippen molar-refractivity contribution in [1.82, 2.24) is 4.90 Å². The molecular weight excluding hydrogens is 291 g/mol. The number of amides is 1. The Morgan fingerprint density at radius 2 is 1.78 bits per heavy atom. The predicted molar refractivity (Wildman–Crippen MR) is 89.8 cm³/mol. The van der Waals surface area contributed by atoms with Gasteiger partial charge in [0, 0.05) is 30.9 Å². The molecule has 0 radical (unpaired) electrons. The topological polar surface area (TPSA) is 23.6 Å². The second kappa shape index (κ2) is 6.50. The van der Waals surface area contributed by atoms with Gasteiger partial charge in [-0.2, -0.15) is 0 Å². The lowest BCUT2D eigenvalue weighted by molar-refractivity contribution is -0.125. The van der Waals surface area contributed by atoms with Crippen LogP contribution in [0.1, 0.15) is 18.1 Å². The third-order valence-electron chi connectivity index (χ3n) is 4.46. The van der Waals surface area contributed by atoms with E-state index in [1.807, 2.05) is 54.0 Å². The zero-order chi connectivity index (χ0) is 16.4. The molecular formula is C19H21FN2O. The minimum Gasteiger partial charge on any atom is -0.310 e. The van der Waals surface area contributed by atoms with Gasteiger partial charge >= 0.3 is 0 Å². The van der Waals surface area contributed by atoms with Crippen molar-refractivity contribution in [2.24, 2.45) is 0 Å². The summed E-state index contributed by atoms with van der Waals surface area (Å²) in [6.45, 7) is 5.74. The zero-order valence-electron chi connectivity index (χ0n) is 13.5. The van der Waals surface area contributed by atoms with Crippen molar-refractivity contribution in [1.29, 1.82) is 0 Å². The van der Waals surface area contributed by atoms with Crippen LogP contribution in [-0.4, -0.2) is 29.9 Å². The van der Waals surface area contributed by atoms with E-state index in [4.69, 9.17) is 0 Å². The van der Waals surface area contributed by atoms with Crippen molar-refractivity contribution in [2.75, 3.05) is 18.0 Å². The maximum Gasteiger partial charge on any atom is 0.244 e. The number of hydrogen-bond donors (Lipinski definition) is 0. The molecule has 0 saturated carbocycles. The number of hydrogen-bond acceptors (Lipinski definition) is 2. The molecule has 0 spiro atoms. The molecule has 2 aromatic rings. The quantitative estimate of drug-likeness (QED) is 0.867. The third kappa shape index (κ3) is 3.27. The fraction of sp³-hybridized carbons (Fsp3) is 0.316. The summed E-state index contributed by atoms with van der Waals surface area (Å²) in [4.78, 5) is 16.5. The third-order valence-corrected chi connectivity index (χ3v) is 4.46. The highest BCUT2D eigenvalue weighted by Gasteiger charge is 2.32. The maximum atomic E-state index is 13.8. The lowest BCUT2D eigenvalue weighted by Crippen LogP contribution is -2.55. The van der Waals surface area contributed by atoms with Crippen molar-refractivity contribution >= 4 is 11.6 Å². The summed E-state index contributed by atoms with van der Waals surface area (Å²) in [5.74, 6) is -0.149. The number of halogens is 1. The van der Waals surface area contributed by atoms with E-state index in [2.05, 4.69) is 0 Å². The molecule has 2 aromatic carbocycles. The highest BCUT2D eigenvalue weighted by Crippen LogP contribution is 2.22. The first-order valence-electron chi connectivity index (χ1n) is 7.92. The van der Waals surface area contributed by atoms with Crippen LogP contribution in [0.3, 0.4) is 0 Å². The van der Waals surface area contributed by atoms with E-state index in [9.17, 15) is 9.18 Å². The molecule has 23 heavy (non-hydrogen) atoms. The lowest BCUT2D eigenvalue weighted by atomic mass is 10.1. The van der Waals surface area contributed by atoms with Crippen molar-refractivity contribution in [3.63, 3.8) is 0 Å². The van der Waals surface area contributed by atoms with E-state index in [1.54, 1.807) is 12.1 Å². The average molecular weight is 312 g/mol. The Morgan fingerprint density at radius 1 is 1.09 bits per heavy atom.